The summed E-state index contributed by atoms with van der Waals surface area (Å²) in [5.74, 6) is -0.636. The lowest BCUT2D eigenvalue weighted by molar-refractivity contribution is -0.384. The first kappa shape index (κ1) is 24.7. The lowest BCUT2D eigenvalue weighted by atomic mass is 9.66. The average Bonchev–Trinajstić information content (AvgIpc) is 2.87. The minimum atomic E-state index is -1.68. The molecule has 3 heterocycles. The van der Waals surface area contributed by atoms with Gasteiger partial charge in [0.05, 0.1) is 30.3 Å². The van der Waals surface area contributed by atoms with Gasteiger partial charge in [0, 0.05) is 37.3 Å². The molecule has 2 saturated heterocycles. The minimum absolute atomic E-state index is 0.0617. The molecule has 1 spiro atoms. The highest BCUT2D eigenvalue weighted by Crippen LogP contribution is 2.48. The Bertz CT molecular complexity index is 1280. The number of benzene rings is 2. The Morgan fingerprint density at radius 3 is 2.57 bits per heavy atom. The second-order valence-electron chi connectivity index (χ2n) is 9.78. The molecule has 0 bridgehead atoms. The third kappa shape index (κ3) is 3.99. The van der Waals surface area contributed by atoms with Gasteiger partial charge < -0.3 is 14.4 Å². The van der Waals surface area contributed by atoms with E-state index in [1.165, 1.54) is 12.1 Å². The normalized spacial score (nSPS) is 27.0. The maximum atomic E-state index is 14.2. The lowest BCUT2D eigenvalue weighted by Gasteiger charge is -2.56. The SMILES string of the molecule is COc1ccc(CCN2C(=O)NC(=O)[C@]3(Cc4cc([N+](=O)[O-])ccc4N4C[C@@H](C)O[C@@H](C)[C@H]43)C2=O)cc1. The third-order valence-electron chi connectivity index (χ3n) is 7.52. The molecule has 3 aliphatic rings. The van der Waals surface area contributed by atoms with Crippen LogP contribution in [0.15, 0.2) is 42.5 Å². The number of non-ortho nitro benzene ring substituents is 1. The average molecular weight is 509 g/mol. The summed E-state index contributed by atoms with van der Waals surface area (Å²) in [6.45, 7) is 4.16. The summed E-state index contributed by atoms with van der Waals surface area (Å²) >= 11 is 0. The fourth-order valence-corrected chi connectivity index (χ4v) is 5.91. The molecule has 2 aromatic rings. The summed E-state index contributed by atoms with van der Waals surface area (Å²) in [5.41, 5.74) is 0.320. The van der Waals surface area contributed by atoms with E-state index < -0.39 is 40.3 Å². The minimum Gasteiger partial charge on any atom is -0.497 e. The summed E-state index contributed by atoms with van der Waals surface area (Å²) < 4.78 is 11.3. The maximum absolute atomic E-state index is 14.2. The van der Waals surface area contributed by atoms with Crippen LogP contribution in [0.3, 0.4) is 0 Å². The van der Waals surface area contributed by atoms with Gasteiger partial charge in [0.1, 0.15) is 5.75 Å². The highest BCUT2D eigenvalue weighted by atomic mass is 16.6. The number of carbonyl (C=O) groups excluding carboxylic acids is 3. The van der Waals surface area contributed by atoms with Crippen molar-refractivity contribution >= 4 is 29.2 Å². The number of anilines is 1. The Hall–Kier alpha value is -3.99. The Morgan fingerprint density at radius 1 is 1.16 bits per heavy atom. The van der Waals surface area contributed by atoms with Gasteiger partial charge in [-0.25, -0.2) is 4.79 Å². The van der Waals surface area contributed by atoms with Gasteiger partial charge in [0.25, 0.3) is 5.69 Å². The highest BCUT2D eigenvalue weighted by Gasteiger charge is 2.64. The van der Waals surface area contributed by atoms with E-state index in [4.69, 9.17) is 9.47 Å². The fraction of sp³-hybridized carbons (Fsp3) is 0.423. The van der Waals surface area contributed by atoms with E-state index in [1.807, 2.05) is 30.9 Å². The topological polar surface area (TPSA) is 131 Å². The van der Waals surface area contributed by atoms with Gasteiger partial charge in [0.15, 0.2) is 5.41 Å². The summed E-state index contributed by atoms with van der Waals surface area (Å²) in [6, 6.07) is 10.3. The molecule has 4 atom stereocenters. The van der Waals surface area contributed by atoms with E-state index in [0.717, 1.165) is 16.2 Å². The predicted molar refractivity (Wildman–Crippen MR) is 132 cm³/mol. The van der Waals surface area contributed by atoms with Crippen molar-refractivity contribution in [3.63, 3.8) is 0 Å². The molecular weight excluding hydrogens is 480 g/mol. The largest absolute Gasteiger partial charge is 0.497 e. The Kier molecular flexibility index (Phi) is 6.10. The van der Waals surface area contributed by atoms with Crippen molar-refractivity contribution in [2.45, 2.75) is 44.9 Å². The molecule has 11 nitrogen and oxygen atoms in total. The molecule has 37 heavy (non-hydrogen) atoms. The van der Waals surface area contributed by atoms with Gasteiger partial charge in [0.2, 0.25) is 11.8 Å². The van der Waals surface area contributed by atoms with Gasteiger partial charge in [-0.15, -0.1) is 0 Å². The van der Waals surface area contributed by atoms with Crippen molar-refractivity contribution in [2.24, 2.45) is 5.41 Å². The first-order chi connectivity index (χ1) is 17.6. The monoisotopic (exact) mass is 508 g/mol. The van der Waals surface area contributed by atoms with E-state index in [-0.39, 0.29) is 24.8 Å². The summed E-state index contributed by atoms with van der Waals surface area (Å²) in [5, 5.41) is 13.9. The number of ether oxygens (including phenoxy) is 2. The second kappa shape index (κ2) is 9.15. The number of nitrogens with zero attached hydrogens (tertiary/aromatic N) is 3. The molecule has 5 rings (SSSR count). The van der Waals surface area contributed by atoms with Gasteiger partial charge >= 0.3 is 6.03 Å². The predicted octanol–water partition coefficient (Wildman–Crippen LogP) is 2.45. The van der Waals surface area contributed by atoms with Crippen LogP contribution in [-0.2, 0) is 27.2 Å². The standard InChI is InChI=1S/C26H28N4O7/c1-15-14-29-21-9-6-19(30(34)35)12-18(21)13-26(22(29)16(2)37-15)23(31)27-25(33)28(24(26)32)11-10-17-4-7-20(36-3)8-5-17/h4-9,12,15-16,22H,10-11,13-14H2,1-3H3,(H,27,31,33)/t15-,16+,22+,26-/m1/s1. The number of hydrogen-bond donors (Lipinski definition) is 1. The number of carbonyl (C=O) groups is 3. The molecule has 11 heteroatoms. The van der Waals surface area contributed by atoms with Crippen molar-refractivity contribution in [3.05, 3.63) is 63.7 Å². The molecule has 0 aliphatic carbocycles. The number of nitro benzene ring substituents is 1. The molecule has 3 aliphatic heterocycles. The number of methoxy groups -OCH3 is 1. The number of nitro groups is 1. The first-order valence-corrected chi connectivity index (χ1v) is 12.2. The van der Waals surface area contributed by atoms with Crippen LogP contribution in [-0.4, -0.2) is 66.1 Å². The number of imide groups is 2. The lowest BCUT2D eigenvalue weighted by Crippen LogP contribution is -2.75. The molecule has 2 aromatic carbocycles. The Morgan fingerprint density at radius 2 is 1.89 bits per heavy atom. The fourth-order valence-electron chi connectivity index (χ4n) is 5.91. The zero-order chi connectivity index (χ0) is 26.5. The zero-order valence-electron chi connectivity index (χ0n) is 20.8. The summed E-state index contributed by atoms with van der Waals surface area (Å²) in [6.07, 6.45) is -0.408. The molecule has 2 fully saturated rings. The van der Waals surface area contributed by atoms with Crippen LogP contribution in [0.2, 0.25) is 0 Å². The number of nitrogens with one attached hydrogen (secondary N) is 1. The molecule has 0 aromatic heterocycles. The smallest absolute Gasteiger partial charge is 0.330 e. The molecule has 1 N–H and O–H groups in total. The molecule has 0 unspecified atom stereocenters. The van der Waals surface area contributed by atoms with Crippen LogP contribution in [0.1, 0.15) is 25.0 Å². The van der Waals surface area contributed by atoms with E-state index in [0.29, 0.717) is 24.3 Å². The number of amides is 4. The number of rotatable bonds is 5. The van der Waals surface area contributed by atoms with E-state index in [9.17, 15) is 24.5 Å². The maximum Gasteiger partial charge on any atom is 0.330 e. The summed E-state index contributed by atoms with van der Waals surface area (Å²) in [7, 11) is 1.57. The van der Waals surface area contributed by atoms with Crippen molar-refractivity contribution < 1.29 is 28.8 Å². The van der Waals surface area contributed by atoms with Crippen LogP contribution in [0, 0.1) is 15.5 Å². The van der Waals surface area contributed by atoms with Crippen molar-refractivity contribution in [2.75, 3.05) is 25.1 Å². The molecule has 0 saturated carbocycles. The van der Waals surface area contributed by atoms with E-state index in [2.05, 4.69) is 5.32 Å². The van der Waals surface area contributed by atoms with E-state index >= 15 is 0 Å². The number of barbiturate groups is 1. The van der Waals surface area contributed by atoms with Crippen LogP contribution in [0.4, 0.5) is 16.2 Å². The Labute approximate surface area is 213 Å². The van der Waals surface area contributed by atoms with Gasteiger partial charge in [-0.1, -0.05) is 12.1 Å². The van der Waals surface area contributed by atoms with Crippen LogP contribution < -0.4 is 15.0 Å². The van der Waals surface area contributed by atoms with Crippen molar-refractivity contribution in [3.8, 4) is 5.75 Å². The molecule has 4 amide bonds. The van der Waals surface area contributed by atoms with Crippen molar-refractivity contribution in [1.29, 1.82) is 0 Å². The quantitative estimate of drug-likeness (QED) is 0.370. The molecular formula is C26H28N4O7. The van der Waals surface area contributed by atoms with Crippen LogP contribution in [0.25, 0.3) is 0 Å². The second-order valence-corrected chi connectivity index (χ2v) is 9.78. The molecule has 194 valence electrons. The van der Waals surface area contributed by atoms with Gasteiger partial charge in [-0.3, -0.25) is 29.9 Å². The summed E-state index contributed by atoms with van der Waals surface area (Å²) in [4.78, 5) is 54.6. The third-order valence-corrected chi connectivity index (χ3v) is 7.52. The van der Waals surface area contributed by atoms with Crippen LogP contribution in [0.5, 0.6) is 5.75 Å². The van der Waals surface area contributed by atoms with E-state index in [1.54, 1.807) is 25.3 Å². The number of morpholine rings is 1. The molecule has 0 radical (unpaired) electrons. The Balaban J connectivity index is 1.54. The highest BCUT2D eigenvalue weighted by molar-refractivity contribution is 6.20. The van der Waals surface area contributed by atoms with Gasteiger partial charge in [-0.2, -0.15) is 0 Å². The number of urea groups is 1. The van der Waals surface area contributed by atoms with Gasteiger partial charge in [-0.05, 0) is 49.6 Å². The van der Waals surface area contributed by atoms with Crippen molar-refractivity contribution in [1.82, 2.24) is 10.2 Å². The zero-order valence-corrected chi connectivity index (χ0v) is 20.8. The first-order valence-electron chi connectivity index (χ1n) is 12.2. The number of hydrogen-bond acceptors (Lipinski definition) is 8. The number of fused-ring (bicyclic) bond motifs is 4. The van der Waals surface area contributed by atoms with Crippen LogP contribution >= 0.6 is 0 Å².